The Bertz CT molecular complexity index is 534. The van der Waals surface area contributed by atoms with Crippen LogP contribution in [-0.2, 0) is 4.74 Å². The molecule has 0 aliphatic carbocycles. The van der Waals surface area contributed by atoms with Gasteiger partial charge in [-0.15, -0.1) is 0 Å². The molecule has 0 radical (unpaired) electrons. The van der Waals surface area contributed by atoms with E-state index in [-0.39, 0.29) is 11.6 Å². The summed E-state index contributed by atoms with van der Waals surface area (Å²) in [4.78, 5) is 21.6. The number of carbonyl (C=O) groups is 1. The average molecular weight is 427 g/mol. The Labute approximate surface area is 184 Å². The molecule has 30 heavy (non-hydrogen) atoms. The van der Waals surface area contributed by atoms with Gasteiger partial charge in [0.05, 0.1) is 5.54 Å². The molecule has 1 rings (SSSR count). The van der Waals surface area contributed by atoms with E-state index in [2.05, 4.69) is 58.6 Å². The summed E-state index contributed by atoms with van der Waals surface area (Å²) in [7, 11) is 3.96. The van der Waals surface area contributed by atoms with Gasteiger partial charge in [0.25, 0.3) is 0 Å². The molecule has 0 bridgehead atoms. The van der Waals surface area contributed by atoms with Crippen molar-refractivity contribution in [3.8, 4) is 0 Å². The van der Waals surface area contributed by atoms with Gasteiger partial charge in [0.1, 0.15) is 5.60 Å². The highest BCUT2D eigenvalue weighted by Crippen LogP contribution is 2.16. The van der Waals surface area contributed by atoms with Crippen LogP contribution in [0.1, 0.15) is 54.4 Å². The normalized spacial score (nSPS) is 18.1. The third-order valence-electron chi connectivity index (χ3n) is 5.72. The molecular formula is C22H46N6O2. The lowest BCUT2D eigenvalue weighted by atomic mass is 9.93. The summed E-state index contributed by atoms with van der Waals surface area (Å²) >= 11 is 0. The molecule has 1 heterocycles. The highest BCUT2D eigenvalue weighted by Gasteiger charge is 2.30. The predicted molar refractivity (Wildman–Crippen MR) is 125 cm³/mol. The Balaban J connectivity index is 2.49. The van der Waals surface area contributed by atoms with Crippen molar-refractivity contribution >= 4 is 12.1 Å². The van der Waals surface area contributed by atoms with E-state index in [1.165, 1.54) is 0 Å². The highest BCUT2D eigenvalue weighted by atomic mass is 16.6. The molecule has 0 aromatic carbocycles. The number of likely N-dealkylation sites (N-methyl/N-ethyl adjacent to an activating group) is 1. The second kappa shape index (κ2) is 12.3. The molecule has 1 atom stereocenters. The number of hydrogen-bond donors (Lipinski definition) is 3. The second-order valence-corrected chi connectivity index (χ2v) is 9.63. The molecule has 8 heteroatoms. The molecule has 1 saturated heterocycles. The number of rotatable bonds is 9. The summed E-state index contributed by atoms with van der Waals surface area (Å²) in [5, 5.41) is 9.90. The van der Waals surface area contributed by atoms with Crippen LogP contribution in [0.25, 0.3) is 0 Å². The first kappa shape index (κ1) is 26.5. The van der Waals surface area contributed by atoms with Crippen molar-refractivity contribution in [2.45, 2.75) is 65.5 Å². The Morgan fingerprint density at radius 1 is 1.10 bits per heavy atom. The number of nitrogens with zero attached hydrogens (tertiary/aromatic N) is 3. The lowest BCUT2D eigenvalue weighted by Gasteiger charge is -2.35. The van der Waals surface area contributed by atoms with E-state index in [9.17, 15) is 4.79 Å². The highest BCUT2D eigenvalue weighted by molar-refractivity contribution is 5.79. The summed E-state index contributed by atoms with van der Waals surface area (Å²) in [6.07, 6.45) is 1.22. The molecule has 1 fully saturated rings. The number of piperazine rings is 1. The molecule has 3 N–H and O–H groups in total. The first-order valence-corrected chi connectivity index (χ1v) is 11.4. The SMILES string of the molecule is CCC(CC)(CNC(=NC)NCC(C)CN1CCN(C)CC1)NC(=O)OC(C)(C)C. The third kappa shape index (κ3) is 9.98. The van der Waals surface area contributed by atoms with E-state index in [4.69, 9.17) is 4.74 Å². The average Bonchev–Trinajstić information content (AvgIpc) is 2.67. The van der Waals surface area contributed by atoms with Crippen molar-refractivity contribution in [3.63, 3.8) is 0 Å². The second-order valence-electron chi connectivity index (χ2n) is 9.63. The number of hydrogen-bond acceptors (Lipinski definition) is 5. The smallest absolute Gasteiger partial charge is 0.408 e. The van der Waals surface area contributed by atoms with Gasteiger partial charge >= 0.3 is 6.09 Å². The first-order valence-electron chi connectivity index (χ1n) is 11.4. The first-order chi connectivity index (χ1) is 14.0. The Morgan fingerprint density at radius 2 is 1.70 bits per heavy atom. The fourth-order valence-corrected chi connectivity index (χ4v) is 3.52. The molecular weight excluding hydrogens is 380 g/mol. The minimum atomic E-state index is -0.512. The summed E-state index contributed by atoms with van der Waals surface area (Å²) < 4.78 is 5.46. The van der Waals surface area contributed by atoms with E-state index in [1.54, 1.807) is 7.05 Å². The maximum absolute atomic E-state index is 12.3. The number of amides is 1. The monoisotopic (exact) mass is 426 g/mol. The fraction of sp³-hybridized carbons (Fsp3) is 0.909. The van der Waals surface area contributed by atoms with Gasteiger partial charge < -0.3 is 30.5 Å². The van der Waals surface area contributed by atoms with E-state index in [0.29, 0.717) is 12.5 Å². The van der Waals surface area contributed by atoms with Crippen LogP contribution in [0, 0.1) is 5.92 Å². The van der Waals surface area contributed by atoms with Crippen LogP contribution >= 0.6 is 0 Å². The molecule has 1 unspecified atom stereocenters. The maximum atomic E-state index is 12.3. The summed E-state index contributed by atoms with van der Waals surface area (Å²) in [5.41, 5.74) is -0.895. The van der Waals surface area contributed by atoms with Gasteiger partial charge in [-0.05, 0) is 46.6 Å². The molecule has 0 aromatic heterocycles. The van der Waals surface area contributed by atoms with Crippen molar-refractivity contribution in [3.05, 3.63) is 0 Å². The van der Waals surface area contributed by atoms with Crippen molar-refractivity contribution in [2.75, 3.05) is 59.9 Å². The minimum Gasteiger partial charge on any atom is -0.444 e. The van der Waals surface area contributed by atoms with Gasteiger partial charge in [-0.3, -0.25) is 4.99 Å². The summed E-state index contributed by atoms with van der Waals surface area (Å²) in [5.74, 6) is 1.28. The molecule has 0 spiro atoms. The quantitative estimate of drug-likeness (QED) is 0.387. The van der Waals surface area contributed by atoms with Gasteiger partial charge in [0.2, 0.25) is 0 Å². The molecule has 0 saturated carbocycles. The van der Waals surface area contributed by atoms with Crippen LogP contribution in [0.4, 0.5) is 4.79 Å². The third-order valence-corrected chi connectivity index (χ3v) is 5.72. The maximum Gasteiger partial charge on any atom is 0.408 e. The molecule has 1 amide bonds. The zero-order valence-corrected chi connectivity index (χ0v) is 20.6. The van der Waals surface area contributed by atoms with Gasteiger partial charge in [0, 0.05) is 52.9 Å². The Kier molecular flexibility index (Phi) is 10.9. The van der Waals surface area contributed by atoms with Crippen molar-refractivity contribution < 1.29 is 9.53 Å². The van der Waals surface area contributed by atoms with Crippen molar-refractivity contribution in [2.24, 2.45) is 10.9 Å². The minimum absolute atomic E-state index is 0.378. The summed E-state index contributed by atoms with van der Waals surface area (Å²) in [6.45, 7) is 19.2. The van der Waals surface area contributed by atoms with E-state index < -0.39 is 5.60 Å². The van der Waals surface area contributed by atoms with Gasteiger partial charge in [0.15, 0.2) is 5.96 Å². The molecule has 8 nitrogen and oxygen atoms in total. The van der Waals surface area contributed by atoms with Crippen LogP contribution < -0.4 is 16.0 Å². The largest absolute Gasteiger partial charge is 0.444 e. The number of guanidine groups is 1. The van der Waals surface area contributed by atoms with E-state index >= 15 is 0 Å². The van der Waals surface area contributed by atoms with Crippen LogP contribution in [0.3, 0.4) is 0 Å². The van der Waals surface area contributed by atoms with Crippen LogP contribution in [0.5, 0.6) is 0 Å². The zero-order valence-electron chi connectivity index (χ0n) is 20.6. The number of ether oxygens (including phenoxy) is 1. The standard InChI is InChI=1S/C22H46N6O2/c1-9-22(10-2,26-20(29)30-21(4,5)6)17-25-19(23-7)24-15-18(3)16-28-13-11-27(8)12-14-28/h18H,9-17H2,1-8H3,(H,26,29)(H2,23,24,25). The molecule has 1 aliphatic rings. The van der Waals surface area contributed by atoms with Gasteiger partial charge in [-0.2, -0.15) is 0 Å². The number of aliphatic imine (C=N–C) groups is 1. The lowest BCUT2D eigenvalue weighted by molar-refractivity contribution is 0.0448. The van der Waals surface area contributed by atoms with Crippen LogP contribution in [-0.4, -0.2) is 92.9 Å². The fourth-order valence-electron chi connectivity index (χ4n) is 3.52. The van der Waals surface area contributed by atoms with Gasteiger partial charge in [-0.25, -0.2) is 4.79 Å². The number of carbonyl (C=O) groups excluding carboxylic acids is 1. The molecule has 176 valence electrons. The van der Waals surface area contributed by atoms with E-state index in [0.717, 1.165) is 58.1 Å². The predicted octanol–water partition coefficient (Wildman–Crippen LogP) is 2.12. The van der Waals surface area contributed by atoms with Crippen LogP contribution in [0.15, 0.2) is 4.99 Å². The number of nitrogens with one attached hydrogen (secondary N) is 3. The van der Waals surface area contributed by atoms with E-state index in [1.807, 2.05) is 20.8 Å². The van der Waals surface area contributed by atoms with Crippen molar-refractivity contribution in [1.82, 2.24) is 25.8 Å². The Morgan fingerprint density at radius 3 is 2.20 bits per heavy atom. The topological polar surface area (TPSA) is 81.2 Å². The molecule has 0 aromatic rings. The number of alkyl carbamates (subject to hydrolysis) is 1. The van der Waals surface area contributed by atoms with Gasteiger partial charge in [-0.1, -0.05) is 20.8 Å². The van der Waals surface area contributed by atoms with Crippen LogP contribution in [0.2, 0.25) is 0 Å². The summed E-state index contributed by atoms with van der Waals surface area (Å²) in [6, 6.07) is 0. The van der Waals surface area contributed by atoms with Crippen molar-refractivity contribution in [1.29, 1.82) is 0 Å². The molecule has 1 aliphatic heterocycles. The Hall–Kier alpha value is -1.54. The lowest BCUT2D eigenvalue weighted by Crippen LogP contribution is -2.57. The zero-order chi connectivity index (χ0) is 22.8.